The van der Waals surface area contributed by atoms with Crippen molar-refractivity contribution < 1.29 is 24.3 Å². The Balaban J connectivity index is 2.89. The van der Waals surface area contributed by atoms with E-state index in [2.05, 4.69) is 10.6 Å². The first-order chi connectivity index (χ1) is 15.0. The van der Waals surface area contributed by atoms with Crippen molar-refractivity contribution in [3.8, 4) is 0 Å². The maximum atomic E-state index is 13.1. The number of nitrogens with one attached hydrogen (secondary N) is 2. The number of unbranched alkanes of at least 4 members (excludes halogenated alkanes) is 1. The molecule has 7 N–H and O–H groups in total. The van der Waals surface area contributed by atoms with Crippen molar-refractivity contribution in [2.45, 2.75) is 90.4 Å². The predicted octanol–water partition coefficient (Wildman–Crippen LogP) is 0.190. The molecule has 184 valence electrons. The molecule has 1 rings (SSSR count). The second-order valence-electron chi connectivity index (χ2n) is 9.02. The number of aliphatic carboxylic acids is 1. The first-order valence-corrected chi connectivity index (χ1v) is 11.6. The molecule has 0 aromatic rings. The van der Waals surface area contributed by atoms with Gasteiger partial charge in [0.05, 0.1) is 6.04 Å². The first kappa shape index (κ1) is 27.8. The highest BCUT2D eigenvalue weighted by Crippen LogP contribution is 2.20. The van der Waals surface area contributed by atoms with Crippen LogP contribution in [0, 0.1) is 11.8 Å². The highest BCUT2D eigenvalue weighted by Gasteiger charge is 2.38. The molecule has 0 aromatic heterocycles. The summed E-state index contributed by atoms with van der Waals surface area (Å²) in [6.45, 7) is 8.09. The number of rotatable bonds is 13. The lowest BCUT2D eigenvalue weighted by atomic mass is 9.96. The summed E-state index contributed by atoms with van der Waals surface area (Å²) in [7, 11) is 0. The van der Waals surface area contributed by atoms with Gasteiger partial charge in [-0.05, 0) is 44.1 Å². The van der Waals surface area contributed by atoms with Crippen LogP contribution in [0.15, 0.2) is 0 Å². The molecule has 0 saturated carbocycles. The molecule has 1 heterocycles. The van der Waals surface area contributed by atoms with Crippen molar-refractivity contribution in [2.75, 3.05) is 13.1 Å². The number of carboxylic acids is 1. The normalized spacial score (nSPS) is 19.8. The van der Waals surface area contributed by atoms with Crippen LogP contribution in [0.5, 0.6) is 0 Å². The van der Waals surface area contributed by atoms with Crippen LogP contribution in [0.4, 0.5) is 0 Å². The lowest BCUT2D eigenvalue weighted by Gasteiger charge is -2.30. The minimum Gasteiger partial charge on any atom is -0.480 e. The number of amides is 3. The maximum absolute atomic E-state index is 13.1. The van der Waals surface area contributed by atoms with Gasteiger partial charge in [0, 0.05) is 6.54 Å². The molecular weight excluding hydrogens is 414 g/mol. The van der Waals surface area contributed by atoms with Gasteiger partial charge in [0.25, 0.3) is 0 Å². The van der Waals surface area contributed by atoms with Gasteiger partial charge in [-0.25, -0.2) is 4.79 Å². The zero-order chi connectivity index (χ0) is 24.4. The molecule has 5 atom stereocenters. The van der Waals surface area contributed by atoms with Gasteiger partial charge in [0.1, 0.15) is 18.1 Å². The number of likely N-dealkylation sites (tertiary alicyclic amines) is 1. The Kier molecular flexibility index (Phi) is 11.6. The van der Waals surface area contributed by atoms with E-state index in [1.807, 2.05) is 13.8 Å². The van der Waals surface area contributed by atoms with Crippen molar-refractivity contribution in [1.82, 2.24) is 15.5 Å². The minimum absolute atomic E-state index is 0.218. The fourth-order valence-electron chi connectivity index (χ4n) is 3.86. The third-order valence-corrected chi connectivity index (χ3v) is 6.15. The van der Waals surface area contributed by atoms with Gasteiger partial charge in [0.2, 0.25) is 17.7 Å². The first-order valence-electron chi connectivity index (χ1n) is 11.6. The quantitative estimate of drug-likeness (QED) is 0.247. The minimum atomic E-state index is -1.13. The molecule has 1 saturated heterocycles. The predicted molar refractivity (Wildman–Crippen MR) is 121 cm³/mol. The fraction of sp³-hybridized carbons (Fsp3) is 0.818. The van der Waals surface area contributed by atoms with Crippen molar-refractivity contribution in [3.05, 3.63) is 0 Å². The lowest BCUT2D eigenvalue weighted by molar-refractivity contribution is -0.144. The van der Waals surface area contributed by atoms with Gasteiger partial charge < -0.3 is 32.1 Å². The number of nitrogens with two attached hydrogens (primary N) is 2. The fourth-order valence-corrected chi connectivity index (χ4v) is 3.86. The molecule has 32 heavy (non-hydrogen) atoms. The Morgan fingerprint density at radius 3 is 2.28 bits per heavy atom. The number of carboxylic acid groups (broad SMARTS) is 1. The number of hydrogen-bond donors (Lipinski definition) is 5. The largest absolute Gasteiger partial charge is 0.480 e. The van der Waals surface area contributed by atoms with E-state index in [4.69, 9.17) is 11.5 Å². The Morgan fingerprint density at radius 2 is 1.75 bits per heavy atom. The van der Waals surface area contributed by atoms with E-state index >= 15 is 0 Å². The molecule has 0 spiro atoms. The SMILES string of the molecule is CCC(C)C(NC(=O)C1CCCN1C(=O)C(N)CCCCN)C(=O)NC(C(=O)O)C(C)C. The van der Waals surface area contributed by atoms with E-state index < -0.39 is 42.0 Å². The van der Waals surface area contributed by atoms with Crippen molar-refractivity contribution >= 4 is 23.7 Å². The Hall–Kier alpha value is -2.20. The molecular formula is C22H41N5O5. The van der Waals surface area contributed by atoms with Crippen LogP contribution in [0.25, 0.3) is 0 Å². The van der Waals surface area contributed by atoms with Gasteiger partial charge in [-0.1, -0.05) is 40.5 Å². The summed E-state index contributed by atoms with van der Waals surface area (Å²) in [4.78, 5) is 51.7. The summed E-state index contributed by atoms with van der Waals surface area (Å²) in [5.41, 5.74) is 11.5. The molecule has 3 amide bonds. The highest BCUT2D eigenvalue weighted by atomic mass is 16.4. The van der Waals surface area contributed by atoms with Crippen LogP contribution < -0.4 is 22.1 Å². The number of carbonyl (C=O) groups is 4. The monoisotopic (exact) mass is 455 g/mol. The Bertz CT molecular complexity index is 657. The van der Waals surface area contributed by atoms with E-state index in [0.29, 0.717) is 38.8 Å². The third-order valence-electron chi connectivity index (χ3n) is 6.15. The van der Waals surface area contributed by atoms with Crippen LogP contribution in [-0.4, -0.2) is 71.0 Å². The van der Waals surface area contributed by atoms with Gasteiger partial charge in [-0.2, -0.15) is 0 Å². The summed E-state index contributed by atoms with van der Waals surface area (Å²) in [6.07, 6.45) is 3.80. The van der Waals surface area contributed by atoms with Gasteiger partial charge in [-0.15, -0.1) is 0 Å². The summed E-state index contributed by atoms with van der Waals surface area (Å²) in [6, 6.07) is -3.33. The third kappa shape index (κ3) is 7.74. The average Bonchev–Trinajstić information content (AvgIpc) is 3.23. The molecule has 10 heteroatoms. The molecule has 0 aromatic carbocycles. The number of hydrogen-bond acceptors (Lipinski definition) is 6. The van der Waals surface area contributed by atoms with E-state index in [1.165, 1.54) is 4.90 Å². The second kappa shape index (κ2) is 13.4. The average molecular weight is 456 g/mol. The standard InChI is InChI=1S/C22H41N5O5/c1-5-14(4)18(20(29)25-17(13(2)3)22(31)32)26-19(28)16-10-8-12-27(16)21(30)15(24)9-6-7-11-23/h13-18H,5-12,23-24H2,1-4H3,(H,25,29)(H,26,28)(H,31,32). The van der Waals surface area contributed by atoms with Crippen LogP contribution in [0.1, 0.15) is 66.2 Å². The van der Waals surface area contributed by atoms with Gasteiger partial charge in [0.15, 0.2) is 0 Å². The number of nitrogens with zero attached hydrogens (tertiary/aromatic N) is 1. The Morgan fingerprint density at radius 1 is 1.09 bits per heavy atom. The summed E-state index contributed by atoms with van der Waals surface area (Å²) >= 11 is 0. The molecule has 0 bridgehead atoms. The zero-order valence-electron chi connectivity index (χ0n) is 19.8. The molecule has 5 unspecified atom stereocenters. The molecule has 0 aliphatic carbocycles. The van der Waals surface area contributed by atoms with Crippen LogP contribution >= 0.6 is 0 Å². The number of carbonyl (C=O) groups excluding carboxylic acids is 3. The second-order valence-corrected chi connectivity index (χ2v) is 9.02. The topological polar surface area (TPSA) is 168 Å². The summed E-state index contributed by atoms with van der Waals surface area (Å²) in [5.74, 6) is -2.88. The van der Waals surface area contributed by atoms with Crippen LogP contribution in [0.2, 0.25) is 0 Å². The van der Waals surface area contributed by atoms with Crippen LogP contribution in [0.3, 0.4) is 0 Å². The maximum Gasteiger partial charge on any atom is 0.326 e. The lowest BCUT2D eigenvalue weighted by Crippen LogP contribution is -2.58. The molecule has 1 fully saturated rings. The molecule has 0 radical (unpaired) electrons. The van der Waals surface area contributed by atoms with E-state index in [0.717, 1.165) is 12.8 Å². The van der Waals surface area contributed by atoms with Crippen molar-refractivity contribution in [3.63, 3.8) is 0 Å². The van der Waals surface area contributed by atoms with Crippen molar-refractivity contribution in [1.29, 1.82) is 0 Å². The highest BCUT2D eigenvalue weighted by molar-refractivity contribution is 5.94. The molecule has 10 nitrogen and oxygen atoms in total. The molecule has 1 aliphatic heterocycles. The Labute approximate surface area is 190 Å². The summed E-state index contributed by atoms with van der Waals surface area (Å²) in [5, 5.41) is 14.7. The zero-order valence-corrected chi connectivity index (χ0v) is 19.8. The summed E-state index contributed by atoms with van der Waals surface area (Å²) < 4.78 is 0. The van der Waals surface area contributed by atoms with E-state index in [-0.39, 0.29) is 17.7 Å². The van der Waals surface area contributed by atoms with Crippen LogP contribution in [-0.2, 0) is 19.2 Å². The van der Waals surface area contributed by atoms with E-state index in [9.17, 15) is 24.3 Å². The smallest absolute Gasteiger partial charge is 0.326 e. The van der Waals surface area contributed by atoms with Gasteiger partial charge in [-0.3, -0.25) is 14.4 Å². The van der Waals surface area contributed by atoms with Crippen molar-refractivity contribution in [2.24, 2.45) is 23.3 Å². The van der Waals surface area contributed by atoms with E-state index in [1.54, 1.807) is 13.8 Å². The molecule has 1 aliphatic rings. The van der Waals surface area contributed by atoms with Gasteiger partial charge >= 0.3 is 5.97 Å².